The van der Waals surface area contributed by atoms with Gasteiger partial charge in [0.25, 0.3) is 5.56 Å². The molecule has 0 spiro atoms. The molecule has 0 saturated heterocycles. The number of rotatable bonds is 5. The molecule has 1 heterocycles. The normalized spacial score (nSPS) is 10.6. The molecule has 0 aliphatic heterocycles. The number of nitrogens with one attached hydrogen (secondary N) is 1. The predicted octanol–water partition coefficient (Wildman–Crippen LogP) is 2.50. The van der Waals surface area contributed by atoms with Crippen LogP contribution in [0.3, 0.4) is 0 Å². The third kappa shape index (κ3) is 4.34. The SMILES string of the molecule is Cc1nc(SCC(=O)O)[nH]c(=O)c1Cc1ccc(Cl)cc1. The Kier molecular flexibility index (Phi) is 5.03. The van der Waals surface area contributed by atoms with Crippen LogP contribution in [0.5, 0.6) is 0 Å². The molecule has 2 N–H and O–H groups in total. The van der Waals surface area contributed by atoms with E-state index in [1.54, 1.807) is 19.1 Å². The number of carboxylic acids is 1. The van der Waals surface area contributed by atoms with E-state index in [-0.39, 0.29) is 11.3 Å². The molecule has 2 aromatic rings. The van der Waals surface area contributed by atoms with Gasteiger partial charge in [0.15, 0.2) is 5.16 Å². The first-order valence-electron chi connectivity index (χ1n) is 6.14. The number of nitrogens with zero attached hydrogens (tertiary/aromatic N) is 1. The molecule has 110 valence electrons. The maximum Gasteiger partial charge on any atom is 0.313 e. The van der Waals surface area contributed by atoms with E-state index in [0.29, 0.717) is 27.9 Å². The third-order valence-electron chi connectivity index (χ3n) is 2.83. The lowest BCUT2D eigenvalue weighted by Crippen LogP contribution is -2.18. The second kappa shape index (κ2) is 6.78. The van der Waals surface area contributed by atoms with E-state index in [0.717, 1.165) is 17.3 Å². The van der Waals surface area contributed by atoms with Gasteiger partial charge in [0.2, 0.25) is 0 Å². The summed E-state index contributed by atoms with van der Waals surface area (Å²) >= 11 is 6.82. The van der Waals surface area contributed by atoms with E-state index < -0.39 is 5.97 Å². The second-order valence-electron chi connectivity index (χ2n) is 4.42. The van der Waals surface area contributed by atoms with Crippen molar-refractivity contribution in [3.63, 3.8) is 0 Å². The Morgan fingerprint density at radius 3 is 2.62 bits per heavy atom. The molecule has 0 bridgehead atoms. The maximum absolute atomic E-state index is 12.1. The summed E-state index contributed by atoms with van der Waals surface area (Å²) in [6.45, 7) is 1.74. The molecule has 1 aromatic carbocycles. The van der Waals surface area contributed by atoms with Crippen LogP contribution in [0.25, 0.3) is 0 Å². The maximum atomic E-state index is 12.1. The van der Waals surface area contributed by atoms with Gasteiger partial charge >= 0.3 is 5.97 Å². The van der Waals surface area contributed by atoms with Crippen molar-refractivity contribution >= 4 is 29.3 Å². The van der Waals surface area contributed by atoms with E-state index in [4.69, 9.17) is 16.7 Å². The summed E-state index contributed by atoms with van der Waals surface area (Å²) in [7, 11) is 0. The molecule has 0 unspecified atom stereocenters. The Morgan fingerprint density at radius 1 is 1.38 bits per heavy atom. The van der Waals surface area contributed by atoms with Crippen molar-refractivity contribution < 1.29 is 9.90 Å². The monoisotopic (exact) mass is 324 g/mol. The molecular formula is C14H13ClN2O3S. The number of carbonyl (C=O) groups is 1. The molecule has 0 atom stereocenters. The molecule has 0 aliphatic rings. The number of hydrogen-bond acceptors (Lipinski definition) is 4. The van der Waals surface area contributed by atoms with Gasteiger partial charge in [0.05, 0.1) is 5.75 Å². The summed E-state index contributed by atoms with van der Waals surface area (Å²) in [6, 6.07) is 7.25. The number of hydrogen-bond donors (Lipinski definition) is 2. The quantitative estimate of drug-likeness (QED) is 0.652. The number of halogens is 1. The van der Waals surface area contributed by atoms with Gasteiger partial charge in [-0.2, -0.15) is 0 Å². The first kappa shape index (κ1) is 15.6. The van der Waals surface area contributed by atoms with Crippen molar-refractivity contribution in [2.45, 2.75) is 18.5 Å². The van der Waals surface area contributed by atoms with Crippen LogP contribution in [-0.4, -0.2) is 26.8 Å². The fraction of sp³-hybridized carbons (Fsp3) is 0.214. The van der Waals surface area contributed by atoms with Crippen molar-refractivity contribution in [1.29, 1.82) is 0 Å². The largest absolute Gasteiger partial charge is 0.481 e. The molecule has 1 aromatic heterocycles. The van der Waals surface area contributed by atoms with Gasteiger partial charge in [0.1, 0.15) is 0 Å². The van der Waals surface area contributed by atoms with Crippen molar-refractivity contribution in [2.75, 3.05) is 5.75 Å². The summed E-state index contributed by atoms with van der Waals surface area (Å²) in [5.41, 5.74) is 1.88. The van der Waals surface area contributed by atoms with E-state index in [1.165, 1.54) is 0 Å². The molecule has 0 saturated carbocycles. The van der Waals surface area contributed by atoms with Crippen LogP contribution in [0.15, 0.2) is 34.2 Å². The fourth-order valence-corrected chi connectivity index (χ4v) is 2.55. The van der Waals surface area contributed by atoms with Crippen LogP contribution >= 0.6 is 23.4 Å². The number of H-pyrrole nitrogens is 1. The Balaban J connectivity index is 2.22. The van der Waals surface area contributed by atoms with Crippen molar-refractivity contribution in [2.24, 2.45) is 0 Å². The van der Waals surface area contributed by atoms with Crippen molar-refractivity contribution in [3.05, 3.63) is 56.5 Å². The Hall–Kier alpha value is -1.79. The minimum absolute atomic E-state index is 0.140. The Morgan fingerprint density at radius 2 is 2.05 bits per heavy atom. The summed E-state index contributed by atoms with van der Waals surface area (Å²) < 4.78 is 0. The van der Waals surface area contributed by atoms with Gasteiger partial charge in [-0.25, -0.2) is 4.98 Å². The molecule has 0 amide bonds. The zero-order valence-electron chi connectivity index (χ0n) is 11.2. The van der Waals surface area contributed by atoms with Crippen LogP contribution in [0, 0.1) is 6.92 Å². The molecule has 0 radical (unpaired) electrons. The highest BCUT2D eigenvalue weighted by Crippen LogP contribution is 2.16. The van der Waals surface area contributed by atoms with Crippen LogP contribution in [0.4, 0.5) is 0 Å². The number of aliphatic carboxylic acids is 1. The van der Waals surface area contributed by atoms with Gasteiger partial charge in [-0.1, -0.05) is 35.5 Å². The molecule has 5 nitrogen and oxygen atoms in total. The number of aromatic nitrogens is 2. The first-order valence-corrected chi connectivity index (χ1v) is 7.51. The van der Waals surface area contributed by atoms with Crippen LogP contribution in [0.1, 0.15) is 16.8 Å². The Labute approximate surface area is 130 Å². The number of thioether (sulfide) groups is 1. The summed E-state index contributed by atoms with van der Waals surface area (Å²) in [4.78, 5) is 29.5. The lowest BCUT2D eigenvalue weighted by Gasteiger charge is -2.06. The number of benzene rings is 1. The molecule has 0 aliphatic carbocycles. The van der Waals surface area contributed by atoms with Crippen molar-refractivity contribution in [1.82, 2.24) is 9.97 Å². The highest BCUT2D eigenvalue weighted by atomic mass is 35.5. The predicted molar refractivity (Wildman–Crippen MR) is 82.2 cm³/mol. The molecule has 0 fully saturated rings. The molecule has 2 rings (SSSR count). The molecule has 21 heavy (non-hydrogen) atoms. The average Bonchev–Trinajstić information content (AvgIpc) is 2.42. The molecule has 7 heteroatoms. The highest BCUT2D eigenvalue weighted by molar-refractivity contribution is 7.99. The van der Waals surface area contributed by atoms with Gasteiger partial charge in [-0.3, -0.25) is 9.59 Å². The van der Waals surface area contributed by atoms with Crippen molar-refractivity contribution in [3.8, 4) is 0 Å². The summed E-state index contributed by atoms with van der Waals surface area (Å²) in [5.74, 6) is -1.09. The smallest absolute Gasteiger partial charge is 0.313 e. The van der Waals surface area contributed by atoms with Crippen LogP contribution in [0.2, 0.25) is 5.02 Å². The number of aryl methyl sites for hydroxylation is 1. The zero-order valence-corrected chi connectivity index (χ0v) is 12.8. The first-order chi connectivity index (χ1) is 9.95. The van der Waals surface area contributed by atoms with Gasteiger partial charge < -0.3 is 10.1 Å². The molecular weight excluding hydrogens is 312 g/mol. The lowest BCUT2D eigenvalue weighted by atomic mass is 10.1. The lowest BCUT2D eigenvalue weighted by molar-refractivity contribution is -0.133. The van der Waals surface area contributed by atoms with Gasteiger partial charge in [-0.15, -0.1) is 0 Å². The van der Waals surface area contributed by atoms with Crippen LogP contribution < -0.4 is 5.56 Å². The van der Waals surface area contributed by atoms with Gasteiger partial charge in [-0.05, 0) is 24.6 Å². The van der Waals surface area contributed by atoms with E-state index >= 15 is 0 Å². The van der Waals surface area contributed by atoms with E-state index in [1.807, 2.05) is 12.1 Å². The standard InChI is InChI=1S/C14H13ClN2O3S/c1-8-11(6-9-2-4-10(15)5-3-9)13(20)17-14(16-8)21-7-12(18)19/h2-5H,6-7H2,1H3,(H,18,19)(H,16,17,20). The topological polar surface area (TPSA) is 83.0 Å². The van der Waals surface area contributed by atoms with E-state index in [9.17, 15) is 9.59 Å². The minimum Gasteiger partial charge on any atom is -0.481 e. The fourth-order valence-electron chi connectivity index (χ4n) is 1.80. The second-order valence-corrected chi connectivity index (χ2v) is 5.82. The Bertz CT molecular complexity index is 713. The highest BCUT2D eigenvalue weighted by Gasteiger charge is 2.10. The van der Waals surface area contributed by atoms with Crippen LogP contribution in [-0.2, 0) is 11.2 Å². The van der Waals surface area contributed by atoms with Gasteiger partial charge in [0, 0.05) is 22.7 Å². The number of carboxylic acid groups (broad SMARTS) is 1. The zero-order chi connectivity index (χ0) is 15.4. The van der Waals surface area contributed by atoms with E-state index in [2.05, 4.69) is 9.97 Å². The number of aromatic amines is 1. The average molecular weight is 325 g/mol. The minimum atomic E-state index is -0.953. The third-order valence-corrected chi connectivity index (χ3v) is 3.94. The summed E-state index contributed by atoms with van der Waals surface area (Å²) in [5, 5.41) is 9.59. The summed E-state index contributed by atoms with van der Waals surface area (Å²) in [6.07, 6.45) is 0.454.